The molecule has 27 heavy (non-hydrogen) atoms. The van der Waals surface area contributed by atoms with Crippen LogP contribution in [0.15, 0.2) is 35.7 Å². The van der Waals surface area contributed by atoms with E-state index in [0.29, 0.717) is 5.16 Å². The highest BCUT2D eigenvalue weighted by molar-refractivity contribution is 7.99. The lowest BCUT2D eigenvalue weighted by atomic mass is 10.2. The molecule has 4 rings (SSSR count). The third-order valence-electron chi connectivity index (χ3n) is 4.25. The molecule has 0 atom stereocenters. The minimum Gasteiger partial charge on any atom is -0.497 e. The van der Waals surface area contributed by atoms with Crippen LogP contribution in [0, 0.1) is 13.8 Å². The zero-order valence-electron chi connectivity index (χ0n) is 15.0. The predicted octanol–water partition coefficient (Wildman–Crippen LogP) is 3.70. The Bertz CT molecular complexity index is 1130. The van der Waals surface area contributed by atoms with Crippen LogP contribution in [0.1, 0.15) is 10.4 Å². The van der Waals surface area contributed by atoms with Gasteiger partial charge >= 0.3 is 0 Å². The zero-order valence-corrected chi connectivity index (χ0v) is 16.6. The van der Waals surface area contributed by atoms with E-state index in [1.165, 1.54) is 22.2 Å². The molecule has 4 aromatic rings. The summed E-state index contributed by atoms with van der Waals surface area (Å²) in [6, 6.07) is 7.21. The Morgan fingerprint density at radius 2 is 2.04 bits per heavy atom. The monoisotopic (exact) mass is 399 g/mol. The number of benzene rings is 1. The zero-order chi connectivity index (χ0) is 19.0. The fourth-order valence-corrected chi connectivity index (χ4v) is 4.42. The summed E-state index contributed by atoms with van der Waals surface area (Å²) >= 11 is 2.98. The highest BCUT2D eigenvalue weighted by atomic mass is 32.2. The predicted molar refractivity (Wildman–Crippen MR) is 108 cm³/mol. The van der Waals surface area contributed by atoms with E-state index in [1.807, 2.05) is 4.40 Å². The number of carbonyl (C=O) groups is 1. The van der Waals surface area contributed by atoms with Gasteiger partial charge in [-0.1, -0.05) is 11.8 Å². The highest BCUT2D eigenvalue weighted by Gasteiger charge is 2.16. The summed E-state index contributed by atoms with van der Waals surface area (Å²) in [5, 5.41) is 13.1. The van der Waals surface area contributed by atoms with E-state index >= 15 is 0 Å². The van der Waals surface area contributed by atoms with Gasteiger partial charge in [-0.05, 0) is 43.7 Å². The van der Waals surface area contributed by atoms with Crippen molar-refractivity contribution >= 4 is 50.6 Å². The molecular formula is C18H17N5O2S2. The Balaban J connectivity index is 1.50. The van der Waals surface area contributed by atoms with Gasteiger partial charge in [0.25, 0.3) is 0 Å². The average molecular weight is 400 g/mol. The Labute approximate surface area is 163 Å². The van der Waals surface area contributed by atoms with Crippen LogP contribution < -0.4 is 10.1 Å². The fourth-order valence-electron chi connectivity index (χ4n) is 2.72. The van der Waals surface area contributed by atoms with Crippen LogP contribution in [0.5, 0.6) is 5.75 Å². The first kappa shape index (κ1) is 17.7. The Kier molecular flexibility index (Phi) is 4.71. The van der Waals surface area contributed by atoms with Crippen molar-refractivity contribution in [1.82, 2.24) is 19.6 Å². The van der Waals surface area contributed by atoms with Crippen molar-refractivity contribution in [3.05, 3.63) is 41.0 Å². The summed E-state index contributed by atoms with van der Waals surface area (Å²) in [5.41, 5.74) is 2.68. The second kappa shape index (κ2) is 7.16. The van der Waals surface area contributed by atoms with Crippen molar-refractivity contribution in [2.45, 2.75) is 19.0 Å². The number of hydrogen-bond donors (Lipinski definition) is 1. The molecule has 1 N–H and O–H groups in total. The second-order valence-corrected chi connectivity index (χ2v) is 8.10. The van der Waals surface area contributed by atoms with E-state index in [9.17, 15) is 4.79 Å². The molecule has 0 aliphatic heterocycles. The summed E-state index contributed by atoms with van der Waals surface area (Å²) in [4.78, 5) is 18.9. The van der Waals surface area contributed by atoms with Crippen LogP contribution in [0.25, 0.3) is 15.9 Å². The maximum atomic E-state index is 12.2. The van der Waals surface area contributed by atoms with Crippen LogP contribution in [0.3, 0.4) is 0 Å². The van der Waals surface area contributed by atoms with Gasteiger partial charge < -0.3 is 10.1 Å². The van der Waals surface area contributed by atoms with Gasteiger partial charge in [0.2, 0.25) is 5.91 Å². The van der Waals surface area contributed by atoms with E-state index in [4.69, 9.17) is 4.74 Å². The SMILES string of the molecule is COc1ccc(NC(=O)CSc2nnc3c4c(C)c(C)sc4ncn23)cc1. The number of nitrogens with zero attached hydrogens (tertiary/aromatic N) is 4. The van der Waals surface area contributed by atoms with Crippen molar-refractivity contribution in [2.75, 3.05) is 18.2 Å². The molecule has 0 aliphatic carbocycles. The number of ether oxygens (including phenoxy) is 1. The first-order valence-electron chi connectivity index (χ1n) is 8.23. The molecule has 3 aromatic heterocycles. The highest BCUT2D eigenvalue weighted by Crippen LogP contribution is 2.32. The van der Waals surface area contributed by atoms with Crippen LogP contribution in [-0.4, -0.2) is 38.4 Å². The fraction of sp³-hybridized carbons (Fsp3) is 0.222. The summed E-state index contributed by atoms with van der Waals surface area (Å²) in [6.45, 7) is 4.15. The first-order valence-corrected chi connectivity index (χ1v) is 10.0. The molecule has 0 aliphatic rings. The number of methoxy groups -OCH3 is 1. The second-order valence-electron chi connectivity index (χ2n) is 5.95. The smallest absolute Gasteiger partial charge is 0.234 e. The van der Waals surface area contributed by atoms with Gasteiger partial charge in [-0.3, -0.25) is 9.20 Å². The number of aromatic nitrogens is 4. The number of nitrogens with one attached hydrogen (secondary N) is 1. The van der Waals surface area contributed by atoms with E-state index in [2.05, 4.69) is 34.3 Å². The largest absolute Gasteiger partial charge is 0.497 e. The molecule has 7 nitrogen and oxygen atoms in total. The number of hydrogen-bond acceptors (Lipinski definition) is 7. The van der Waals surface area contributed by atoms with Gasteiger partial charge in [0.05, 0.1) is 18.2 Å². The molecular weight excluding hydrogens is 382 g/mol. The molecule has 0 bridgehead atoms. The molecule has 0 spiro atoms. The first-order chi connectivity index (χ1) is 13.1. The molecule has 3 heterocycles. The molecule has 0 radical (unpaired) electrons. The van der Waals surface area contributed by atoms with E-state index in [0.717, 1.165) is 27.3 Å². The van der Waals surface area contributed by atoms with Gasteiger partial charge in [0, 0.05) is 10.6 Å². The van der Waals surface area contributed by atoms with Crippen LogP contribution in [0.4, 0.5) is 5.69 Å². The lowest BCUT2D eigenvalue weighted by Crippen LogP contribution is -2.14. The number of rotatable bonds is 5. The van der Waals surface area contributed by atoms with Crippen LogP contribution >= 0.6 is 23.1 Å². The Morgan fingerprint density at radius 3 is 2.78 bits per heavy atom. The molecule has 0 saturated heterocycles. The summed E-state index contributed by atoms with van der Waals surface area (Å²) in [5.74, 6) is 0.862. The summed E-state index contributed by atoms with van der Waals surface area (Å²) < 4.78 is 6.95. The van der Waals surface area contributed by atoms with Gasteiger partial charge in [-0.2, -0.15) is 0 Å². The number of anilines is 1. The molecule has 9 heteroatoms. The molecule has 1 aromatic carbocycles. The maximum absolute atomic E-state index is 12.2. The standard InChI is InChI=1S/C18H17N5O2S2/c1-10-11(2)27-17-15(10)16-21-22-18(23(16)9-19-17)26-8-14(24)20-12-4-6-13(25-3)7-5-12/h4-7,9H,8H2,1-3H3,(H,20,24). The van der Waals surface area contributed by atoms with E-state index < -0.39 is 0 Å². The van der Waals surface area contributed by atoms with E-state index in [1.54, 1.807) is 49.0 Å². The van der Waals surface area contributed by atoms with Crippen LogP contribution in [0.2, 0.25) is 0 Å². The van der Waals surface area contributed by atoms with Crippen LogP contribution in [-0.2, 0) is 4.79 Å². The third kappa shape index (κ3) is 3.35. The number of thiophene rings is 1. The lowest BCUT2D eigenvalue weighted by molar-refractivity contribution is -0.113. The molecule has 0 saturated carbocycles. The third-order valence-corrected chi connectivity index (χ3v) is 6.31. The topological polar surface area (TPSA) is 81.4 Å². The van der Waals surface area contributed by atoms with Gasteiger partial charge in [-0.25, -0.2) is 4.98 Å². The molecule has 1 amide bonds. The minimum atomic E-state index is -0.112. The summed E-state index contributed by atoms with van der Waals surface area (Å²) in [6.07, 6.45) is 1.72. The summed E-state index contributed by atoms with van der Waals surface area (Å²) in [7, 11) is 1.61. The minimum absolute atomic E-state index is 0.112. The normalized spacial score (nSPS) is 11.2. The molecule has 0 unspecified atom stereocenters. The van der Waals surface area contributed by atoms with Crippen molar-refractivity contribution in [1.29, 1.82) is 0 Å². The number of thioether (sulfide) groups is 1. The van der Waals surface area contributed by atoms with Gasteiger partial charge in [0.15, 0.2) is 10.8 Å². The maximum Gasteiger partial charge on any atom is 0.234 e. The number of carbonyl (C=O) groups excluding carboxylic acids is 1. The molecule has 138 valence electrons. The number of fused-ring (bicyclic) bond motifs is 3. The quantitative estimate of drug-likeness (QED) is 0.516. The Morgan fingerprint density at radius 1 is 1.26 bits per heavy atom. The lowest BCUT2D eigenvalue weighted by Gasteiger charge is -2.05. The van der Waals surface area contributed by atoms with E-state index in [-0.39, 0.29) is 11.7 Å². The number of aryl methyl sites for hydroxylation is 2. The van der Waals surface area contributed by atoms with Crippen molar-refractivity contribution in [2.24, 2.45) is 0 Å². The average Bonchev–Trinajstić information content (AvgIpc) is 3.21. The van der Waals surface area contributed by atoms with Crippen molar-refractivity contribution in [3.8, 4) is 5.75 Å². The number of amides is 1. The van der Waals surface area contributed by atoms with Crippen molar-refractivity contribution in [3.63, 3.8) is 0 Å². The van der Waals surface area contributed by atoms with Gasteiger partial charge in [-0.15, -0.1) is 21.5 Å². The molecule has 0 fully saturated rings. The Hall–Kier alpha value is -2.65. The van der Waals surface area contributed by atoms with Crippen molar-refractivity contribution < 1.29 is 9.53 Å². The van der Waals surface area contributed by atoms with Gasteiger partial charge in [0.1, 0.15) is 16.9 Å².